The van der Waals surface area contributed by atoms with Crippen LogP contribution < -0.4 is 8.99 Å². The number of rotatable bonds is 3. The molecule has 0 aliphatic rings. The van der Waals surface area contributed by atoms with E-state index in [1.807, 2.05) is 0 Å². The molecular formula is C8H6N2O4Si2. The maximum Gasteiger partial charge on any atom is 0.341 e. The van der Waals surface area contributed by atoms with E-state index in [-0.39, 0.29) is 17.3 Å². The first-order valence-electron chi connectivity index (χ1n) is 4.11. The van der Waals surface area contributed by atoms with Crippen LogP contribution in [0.5, 0.6) is 5.75 Å². The molecular weight excluding hydrogens is 244 g/mol. The highest BCUT2D eigenvalue weighted by Gasteiger charge is 2.17. The maximum absolute atomic E-state index is 11.0. The number of carbonyl (C=O) groups excluding carboxylic acids is 1. The summed E-state index contributed by atoms with van der Waals surface area (Å²) in [5, 5.41) is 10.7. The standard InChI is InChI=1S/C8H6N2O4Si2/c1-5(11)9(15)6-2-3-8(14-16)7(4-6)10(12)13/h2-4H,1H3. The fourth-order valence-corrected chi connectivity index (χ4v) is 1.37. The van der Waals surface area contributed by atoms with Crippen LogP contribution in [-0.4, -0.2) is 31.7 Å². The summed E-state index contributed by atoms with van der Waals surface area (Å²) < 4.78 is 5.76. The molecule has 0 heterocycles. The van der Waals surface area contributed by atoms with Crippen molar-refractivity contribution in [3.8, 4) is 5.75 Å². The lowest BCUT2D eigenvalue weighted by atomic mass is 10.2. The van der Waals surface area contributed by atoms with E-state index in [1.54, 1.807) is 0 Å². The van der Waals surface area contributed by atoms with Gasteiger partial charge in [-0.25, -0.2) is 0 Å². The summed E-state index contributed by atoms with van der Waals surface area (Å²) in [5.74, 6) is -0.230. The number of carbonyl (C=O) groups is 1. The summed E-state index contributed by atoms with van der Waals surface area (Å²) in [5.41, 5.74) is 0.111. The summed E-state index contributed by atoms with van der Waals surface area (Å²) in [7, 11) is 5.76. The van der Waals surface area contributed by atoms with E-state index in [1.165, 1.54) is 25.1 Å². The first-order valence-corrected chi connectivity index (χ1v) is 4.97. The van der Waals surface area contributed by atoms with Crippen LogP contribution in [0.2, 0.25) is 0 Å². The van der Waals surface area contributed by atoms with Crippen molar-refractivity contribution in [3.63, 3.8) is 0 Å². The molecule has 0 unspecified atom stereocenters. The lowest BCUT2D eigenvalue weighted by Crippen LogP contribution is -2.24. The first kappa shape index (κ1) is 12.4. The van der Waals surface area contributed by atoms with Gasteiger partial charge in [-0.1, -0.05) is 0 Å². The van der Waals surface area contributed by atoms with Gasteiger partial charge in [-0.2, -0.15) is 0 Å². The molecule has 0 saturated carbocycles. The van der Waals surface area contributed by atoms with Crippen LogP contribution in [0.4, 0.5) is 11.4 Å². The molecule has 1 aromatic rings. The highest BCUT2D eigenvalue weighted by atomic mass is 28.2. The van der Waals surface area contributed by atoms with E-state index in [2.05, 4.69) is 25.3 Å². The Morgan fingerprint density at radius 3 is 2.62 bits per heavy atom. The quantitative estimate of drug-likeness (QED) is 0.445. The molecule has 0 N–H and O–H groups in total. The highest BCUT2D eigenvalue weighted by molar-refractivity contribution is 6.30. The number of nitrogens with zero attached hydrogens (tertiary/aromatic N) is 2. The van der Waals surface area contributed by atoms with Gasteiger partial charge in [0.1, 0.15) is 0 Å². The van der Waals surface area contributed by atoms with Gasteiger partial charge in [-0.05, 0) is 12.1 Å². The fraction of sp³-hybridized carbons (Fsp3) is 0.125. The second-order valence-electron chi connectivity index (χ2n) is 2.87. The van der Waals surface area contributed by atoms with Gasteiger partial charge in [0.25, 0.3) is 0 Å². The minimum Gasteiger partial charge on any atom is -0.536 e. The third-order valence-corrected chi connectivity index (χ3v) is 2.62. The van der Waals surface area contributed by atoms with E-state index in [0.717, 1.165) is 4.57 Å². The Kier molecular flexibility index (Phi) is 3.79. The Morgan fingerprint density at radius 1 is 1.56 bits per heavy atom. The number of nitro benzene ring substituents is 1. The van der Waals surface area contributed by atoms with Gasteiger partial charge in [-0.15, -0.1) is 0 Å². The van der Waals surface area contributed by atoms with E-state index >= 15 is 0 Å². The Balaban J connectivity index is 3.21. The van der Waals surface area contributed by atoms with Gasteiger partial charge in [0.05, 0.1) is 4.92 Å². The minimum absolute atomic E-state index is 0.0639. The van der Waals surface area contributed by atoms with Gasteiger partial charge in [-0.3, -0.25) is 14.9 Å². The molecule has 80 valence electrons. The summed E-state index contributed by atoms with van der Waals surface area (Å²) in [6.07, 6.45) is 0. The molecule has 8 heteroatoms. The summed E-state index contributed by atoms with van der Waals surface area (Å²) >= 11 is 0. The van der Waals surface area contributed by atoms with Crippen LogP contribution in [0.15, 0.2) is 18.2 Å². The molecule has 0 fully saturated rings. The number of hydrogen-bond donors (Lipinski definition) is 0. The van der Waals surface area contributed by atoms with Gasteiger partial charge in [0, 0.05) is 18.7 Å². The van der Waals surface area contributed by atoms with Crippen molar-refractivity contribution in [1.29, 1.82) is 0 Å². The highest BCUT2D eigenvalue weighted by Crippen LogP contribution is 2.30. The molecule has 0 aromatic heterocycles. The normalized spacial score (nSPS) is 9.69. The summed E-state index contributed by atoms with van der Waals surface area (Å²) in [6, 6.07) is 4.12. The zero-order chi connectivity index (χ0) is 12.3. The Morgan fingerprint density at radius 2 is 2.19 bits per heavy atom. The Labute approximate surface area is 98.4 Å². The van der Waals surface area contributed by atoms with Crippen LogP contribution in [-0.2, 0) is 4.79 Å². The van der Waals surface area contributed by atoms with Crippen molar-refractivity contribution in [2.75, 3.05) is 4.57 Å². The molecule has 1 aromatic carbocycles. The molecule has 0 bridgehead atoms. The number of anilines is 1. The van der Waals surface area contributed by atoms with Crippen molar-refractivity contribution >= 4 is 38.2 Å². The molecule has 0 saturated heterocycles. The first-order chi connectivity index (χ1) is 7.47. The van der Waals surface area contributed by atoms with Gasteiger partial charge >= 0.3 is 16.2 Å². The van der Waals surface area contributed by atoms with Crippen molar-refractivity contribution in [1.82, 2.24) is 0 Å². The van der Waals surface area contributed by atoms with Gasteiger partial charge in [0.15, 0.2) is 16.2 Å². The monoisotopic (exact) mass is 250 g/mol. The number of amides is 1. The largest absolute Gasteiger partial charge is 0.536 e. The maximum atomic E-state index is 11.0. The van der Waals surface area contributed by atoms with E-state index in [9.17, 15) is 14.9 Å². The van der Waals surface area contributed by atoms with Crippen molar-refractivity contribution < 1.29 is 14.1 Å². The predicted molar refractivity (Wildman–Crippen MR) is 58.4 cm³/mol. The SMILES string of the molecule is CC(=O)N([Si])c1ccc(O[Si])c([N+](=O)[O-])c1. The average Bonchev–Trinajstić information content (AvgIpc) is 2.26. The lowest BCUT2D eigenvalue weighted by molar-refractivity contribution is -0.385. The van der Waals surface area contributed by atoms with E-state index in [4.69, 9.17) is 0 Å². The third-order valence-electron chi connectivity index (χ3n) is 1.82. The third kappa shape index (κ3) is 2.46. The molecule has 0 atom stereocenters. The predicted octanol–water partition coefficient (Wildman–Crippen LogP) is 0.493. The number of nitro groups is 1. The van der Waals surface area contributed by atoms with Gasteiger partial charge < -0.3 is 8.99 Å². The van der Waals surface area contributed by atoms with Crippen LogP contribution in [0.3, 0.4) is 0 Å². The molecule has 16 heavy (non-hydrogen) atoms. The van der Waals surface area contributed by atoms with E-state index in [0.29, 0.717) is 5.69 Å². The van der Waals surface area contributed by atoms with Crippen LogP contribution in [0.25, 0.3) is 0 Å². The zero-order valence-electron chi connectivity index (χ0n) is 8.26. The average molecular weight is 250 g/mol. The summed E-state index contributed by atoms with van der Waals surface area (Å²) in [6.45, 7) is 1.33. The van der Waals surface area contributed by atoms with Gasteiger partial charge in [0.2, 0.25) is 5.91 Å². The summed E-state index contributed by atoms with van der Waals surface area (Å²) in [4.78, 5) is 21.2. The fourth-order valence-electron chi connectivity index (χ4n) is 1.06. The topological polar surface area (TPSA) is 72.7 Å². The van der Waals surface area contributed by atoms with E-state index < -0.39 is 4.92 Å². The molecule has 0 spiro atoms. The molecule has 1 amide bonds. The van der Waals surface area contributed by atoms with Crippen molar-refractivity contribution in [2.24, 2.45) is 0 Å². The second-order valence-corrected chi connectivity index (χ2v) is 3.52. The second kappa shape index (κ2) is 4.90. The molecule has 0 aliphatic carbocycles. The molecule has 6 radical (unpaired) electrons. The minimum atomic E-state index is -0.598. The van der Waals surface area contributed by atoms with Crippen LogP contribution in [0.1, 0.15) is 6.92 Å². The lowest BCUT2D eigenvalue weighted by Gasteiger charge is -2.15. The Hall–Kier alpha value is -1.68. The van der Waals surface area contributed by atoms with Crippen molar-refractivity contribution in [2.45, 2.75) is 6.92 Å². The zero-order valence-corrected chi connectivity index (χ0v) is 10.3. The smallest absolute Gasteiger partial charge is 0.341 e. The van der Waals surface area contributed by atoms with Crippen molar-refractivity contribution in [3.05, 3.63) is 28.3 Å². The molecule has 0 aliphatic heterocycles. The number of benzene rings is 1. The molecule has 6 nitrogen and oxygen atoms in total. The molecule has 1 rings (SSSR count). The van der Waals surface area contributed by atoms with Crippen LogP contribution >= 0.6 is 0 Å². The van der Waals surface area contributed by atoms with Crippen LogP contribution in [0, 0.1) is 10.1 Å². The Bertz CT molecular complexity index is 438. The number of hydrogen-bond acceptors (Lipinski definition) is 4.